The van der Waals surface area contributed by atoms with E-state index >= 15 is 0 Å². The molecule has 7 heteroatoms. The molecular formula is C16H11FN2O3S. The van der Waals surface area contributed by atoms with E-state index in [-0.39, 0.29) is 16.1 Å². The monoisotopic (exact) mass is 330 g/mol. The van der Waals surface area contributed by atoms with Gasteiger partial charge in [-0.2, -0.15) is 0 Å². The molecule has 5 nitrogen and oxygen atoms in total. The number of carbonyl (C=O) groups excluding carboxylic acids is 1. The number of nitrogens with zero attached hydrogens (tertiary/aromatic N) is 1. The van der Waals surface area contributed by atoms with Crippen LogP contribution in [-0.4, -0.2) is 19.7 Å². The molecule has 1 aromatic heterocycles. The number of carbonyl (C=O) groups is 1. The summed E-state index contributed by atoms with van der Waals surface area (Å²) in [6.07, 6.45) is 1.97. The molecule has 1 heterocycles. The summed E-state index contributed by atoms with van der Waals surface area (Å²) in [7, 11) is -4.02. The fourth-order valence-electron chi connectivity index (χ4n) is 2.18. The summed E-state index contributed by atoms with van der Waals surface area (Å²) in [4.78, 5) is 14.6. The topological polar surface area (TPSA) is 76.1 Å². The van der Waals surface area contributed by atoms with Gasteiger partial charge in [0.15, 0.2) is 0 Å². The number of hydrogen-bond acceptors (Lipinski definition) is 4. The van der Waals surface area contributed by atoms with Crippen LogP contribution < -0.4 is 4.72 Å². The minimum absolute atomic E-state index is 0.0468. The largest absolute Gasteiger partial charge is 0.298 e. The van der Waals surface area contributed by atoms with E-state index in [2.05, 4.69) is 9.71 Å². The number of benzene rings is 2. The molecule has 0 unspecified atom stereocenters. The lowest BCUT2D eigenvalue weighted by Crippen LogP contribution is -2.14. The van der Waals surface area contributed by atoms with E-state index in [4.69, 9.17) is 0 Å². The lowest BCUT2D eigenvalue weighted by molar-refractivity contribution is 0.112. The zero-order chi connectivity index (χ0) is 16.4. The molecule has 0 fully saturated rings. The molecule has 0 aliphatic carbocycles. The van der Waals surface area contributed by atoms with Gasteiger partial charge in [-0.1, -0.05) is 18.2 Å². The molecule has 0 radical (unpaired) electrons. The molecule has 0 saturated carbocycles. The molecule has 23 heavy (non-hydrogen) atoms. The number of hydrogen-bond donors (Lipinski definition) is 1. The zero-order valence-electron chi connectivity index (χ0n) is 11.7. The lowest BCUT2D eigenvalue weighted by atomic mass is 10.2. The Bertz CT molecular complexity index is 998. The second kappa shape index (κ2) is 5.77. The summed E-state index contributed by atoms with van der Waals surface area (Å²) >= 11 is 0. The fourth-order valence-corrected chi connectivity index (χ4v) is 3.43. The molecule has 116 valence electrons. The van der Waals surface area contributed by atoms with Gasteiger partial charge in [0.05, 0.1) is 11.2 Å². The van der Waals surface area contributed by atoms with Crippen LogP contribution in [0.3, 0.4) is 0 Å². The average Bonchev–Trinajstić information content (AvgIpc) is 2.56. The predicted molar refractivity (Wildman–Crippen MR) is 84.3 cm³/mol. The quantitative estimate of drug-likeness (QED) is 0.746. The fraction of sp³-hybridized carbons (Fsp3) is 0. The number of aldehydes is 1. The first-order valence-corrected chi connectivity index (χ1v) is 8.11. The number of aromatic nitrogens is 1. The summed E-state index contributed by atoms with van der Waals surface area (Å²) in [6, 6.07) is 11.7. The van der Waals surface area contributed by atoms with Crippen LogP contribution in [0.5, 0.6) is 0 Å². The molecule has 0 aliphatic heterocycles. The van der Waals surface area contributed by atoms with Gasteiger partial charge in [-0.15, -0.1) is 0 Å². The molecule has 1 N–H and O–H groups in total. The van der Waals surface area contributed by atoms with Crippen LogP contribution in [0.1, 0.15) is 10.4 Å². The van der Waals surface area contributed by atoms with Crippen LogP contribution in [0.25, 0.3) is 10.9 Å². The third-order valence-corrected chi connectivity index (χ3v) is 4.66. The normalized spacial score (nSPS) is 11.3. The van der Waals surface area contributed by atoms with E-state index in [1.165, 1.54) is 24.4 Å². The highest BCUT2D eigenvalue weighted by molar-refractivity contribution is 7.93. The van der Waals surface area contributed by atoms with Gasteiger partial charge in [-0.3, -0.25) is 14.5 Å². The molecule has 3 aromatic rings. The molecule has 0 aliphatic rings. The minimum atomic E-state index is -4.02. The van der Waals surface area contributed by atoms with Crippen LogP contribution >= 0.6 is 0 Å². The maximum absolute atomic E-state index is 13.9. The molecular weight excluding hydrogens is 319 g/mol. The highest BCUT2D eigenvalue weighted by Gasteiger charge is 2.19. The van der Waals surface area contributed by atoms with Crippen molar-refractivity contribution >= 4 is 32.9 Å². The SMILES string of the molecule is O=Cc1ccc(NS(=O)(=O)c2cccc3cccnc23)c(F)c1. The van der Waals surface area contributed by atoms with Gasteiger partial charge in [0, 0.05) is 17.1 Å². The second-order valence-electron chi connectivity index (χ2n) is 4.79. The van der Waals surface area contributed by atoms with Crippen molar-refractivity contribution in [1.82, 2.24) is 4.98 Å². The summed E-state index contributed by atoms with van der Waals surface area (Å²) in [5.74, 6) is -0.827. The van der Waals surface area contributed by atoms with E-state index in [1.54, 1.807) is 24.3 Å². The van der Waals surface area contributed by atoms with Gasteiger partial charge in [-0.05, 0) is 30.3 Å². The Balaban J connectivity index is 2.06. The number of fused-ring (bicyclic) bond motifs is 1. The average molecular weight is 330 g/mol. The summed E-state index contributed by atoms with van der Waals surface area (Å²) in [6.45, 7) is 0. The number of halogens is 1. The number of anilines is 1. The van der Waals surface area contributed by atoms with Gasteiger partial charge in [0.2, 0.25) is 0 Å². The van der Waals surface area contributed by atoms with Gasteiger partial charge in [-0.25, -0.2) is 12.8 Å². The molecule has 0 atom stereocenters. The van der Waals surface area contributed by atoms with Crippen molar-refractivity contribution in [3.8, 4) is 0 Å². The molecule has 0 bridgehead atoms. The molecule has 2 aromatic carbocycles. The van der Waals surface area contributed by atoms with Crippen molar-refractivity contribution in [2.45, 2.75) is 4.90 Å². The first-order valence-electron chi connectivity index (χ1n) is 6.62. The number of pyridine rings is 1. The lowest BCUT2D eigenvalue weighted by Gasteiger charge is -2.10. The van der Waals surface area contributed by atoms with Crippen molar-refractivity contribution in [3.05, 3.63) is 66.1 Å². The first-order chi connectivity index (χ1) is 11.0. The van der Waals surface area contributed by atoms with Crippen molar-refractivity contribution < 1.29 is 17.6 Å². The van der Waals surface area contributed by atoms with Gasteiger partial charge < -0.3 is 0 Å². The van der Waals surface area contributed by atoms with Crippen LogP contribution in [-0.2, 0) is 10.0 Å². The molecule has 0 spiro atoms. The van der Waals surface area contributed by atoms with Crippen molar-refractivity contribution in [1.29, 1.82) is 0 Å². The molecule has 0 amide bonds. The van der Waals surface area contributed by atoms with E-state index in [0.717, 1.165) is 6.07 Å². The first kappa shape index (κ1) is 15.1. The van der Waals surface area contributed by atoms with E-state index in [9.17, 15) is 17.6 Å². The van der Waals surface area contributed by atoms with Crippen molar-refractivity contribution in [2.75, 3.05) is 4.72 Å². The Labute approximate surface area is 131 Å². The second-order valence-corrected chi connectivity index (χ2v) is 6.44. The number of rotatable bonds is 4. The van der Waals surface area contributed by atoms with E-state index in [0.29, 0.717) is 17.2 Å². The molecule has 3 rings (SSSR count). The number of para-hydroxylation sites is 1. The van der Waals surface area contributed by atoms with Gasteiger partial charge in [0.1, 0.15) is 17.0 Å². The highest BCUT2D eigenvalue weighted by Crippen LogP contribution is 2.24. The minimum Gasteiger partial charge on any atom is -0.298 e. The van der Waals surface area contributed by atoms with Crippen molar-refractivity contribution in [3.63, 3.8) is 0 Å². The van der Waals surface area contributed by atoms with Gasteiger partial charge in [0.25, 0.3) is 10.0 Å². The summed E-state index contributed by atoms with van der Waals surface area (Å²) in [5, 5.41) is 0.659. The Morgan fingerprint density at radius 3 is 2.61 bits per heavy atom. The van der Waals surface area contributed by atoms with E-state index < -0.39 is 15.8 Å². The third-order valence-electron chi connectivity index (χ3n) is 3.26. The smallest absolute Gasteiger partial charge is 0.264 e. The number of nitrogens with one attached hydrogen (secondary N) is 1. The highest BCUT2D eigenvalue weighted by atomic mass is 32.2. The standard InChI is InChI=1S/C16H11FN2O3S/c17-13-9-11(10-20)6-7-14(13)19-23(21,22)15-5-1-3-12-4-2-8-18-16(12)15/h1-10,19H. The summed E-state index contributed by atoms with van der Waals surface area (Å²) < 4.78 is 41.2. The maximum Gasteiger partial charge on any atom is 0.264 e. The van der Waals surface area contributed by atoms with Gasteiger partial charge >= 0.3 is 0 Å². The predicted octanol–water partition coefficient (Wildman–Crippen LogP) is 2.99. The molecule has 0 saturated heterocycles. The third kappa shape index (κ3) is 2.91. The van der Waals surface area contributed by atoms with Crippen molar-refractivity contribution in [2.24, 2.45) is 0 Å². The zero-order valence-corrected chi connectivity index (χ0v) is 12.5. The van der Waals surface area contributed by atoms with Crippen LogP contribution in [0, 0.1) is 5.82 Å². The maximum atomic E-state index is 13.9. The summed E-state index contributed by atoms with van der Waals surface area (Å²) in [5.41, 5.74) is 0.188. The van der Waals surface area contributed by atoms with E-state index in [1.807, 2.05) is 0 Å². The van der Waals surface area contributed by atoms with Crippen LogP contribution in [0.4, 0.5) is 10.1 Å². The Morgan fingerprint density at radius 2 is 1.87 bits per heavy atom. The Morgan fingerprint density at radius 1 is 1.09 bits per heavy atom. The van der Waals surface area contributed by atoms with Crippen LogP contribution in [0.15, 0.2) is 59.6 Å². The Hall–Kier alpha value is -2.80. The number of sulfonamides is 1. The van der Waals surface area contributed by atoms with Crippen LogP contribution in [0.2, 0.25) is 0 Å². The Kier molecular flexibility index (Phi) is 3.79.